The van der Waals surface area contributed by atoms with Gasteiger partial charge in [-0.25, -0.2) is 0 Å². The molecule has 0 aromatic heterocycles. The van der Waals surface area contributed by atoms with Crippen molar-refractivity contribution < 1.29 is 9.47 Å². The van der Waals surface area contributed by atoms with E-state index in [1.165, 1.54) is 17.5 Å². The van der Waals surface area contributed by atoms with Gasteiger partial charge in [-0.3, -0.25) is 0 Å². The minimum atomic E-state index is -0.0764. The van der Waals surface area contributed by atoms with E-state index in [4.69, 9.17) is 9.47 Å². The topological polar surface area (TPSA) is 18.5 Å². The van der Waals surface area contributed by atoms with Gasteiger partial charge in [-0.05, 0) is 43.7 Å². The van der Waals surface area contributed by atoms with Crippen molar-refractivity contribution in [1.29, 1.82) is 0 Å². The standard InChI is InChI=1S/C18H26O2/c1-13(2)18-10-9-17(4,20-18)16(11-18)19-12-15-8-6-5-7-14(15)3/h5-8,13,16H,9-12H2,1-4H3/t16-,17+,18-/m1/s1. The van der Waals surface area contributed by atoms with E-state index >= 15 is 0 Å². The predicted octanol–water partition coefficient (Wildman–Crippen LogP) is 4.25. The van der Waals surface area contributed by atoms with Crippen LogP contribution in [0.4, 0.5) is 0 Å². The summed E-state index contributed by atoms with van der Waals surface area (Å²) >= 11 is 0. The fraction of sp³-hybridized carbons (Fsp3) is 0.667. The van der Waals surface area contributed by atoms with Crippen molar-refractivity contribution in [2.75, 3.05) is 0 Å². The van der Waals surface area contributed by atoms with Crippen LogP contribution >= 0.6 is 0 Å². The predicted molar refractivity (Wildman–Crippen MR) is 80.7 cm³/mol. The molecule has 2 heterocycles. The first-order valence-electron chi connectivity index (χ1n) is 7.81. The molecule has 0 spiro atoms. The van der Waals surface area contributed by atoms with Gasteiger partial charge in [-0.2, -0.15) is 0 Å². The van der Waals surface area contributed by atoms with Gasteiger partial charge < -0.3 is 9.47 Å². The van der Waals surface area contributed by atoms with Crippen molar-refractivity contribution in [2.45, 2.75) is 70.9 Å². The molecule has 0 saturated carbocycles. The third kappa shape index (κ3) is 2.19. The normalized spacial score (nSPS) is 36.0. The zero-order valence-electron chi connectivity index (χ0n) is 13.1. The maximum atomic E-state index is 6.42. The molecule has 1 aromatic rings. The Morgan fingerprint density at radius 1 is 1.30 bits per heavy atom. The maximum Gasteiger partial charge on any atom is 0.0924 e. The number of aryl methyl sites for hydroxylation is 1. The quantitative estimate of drug-likeness (QED) is 0.817. The molecule has 2 nitrogen and oxygen atoms in total. The molecule has 110 valence electrons. The molecule has 20 heavy (non-hydrogen) atoms. The zero-order chi connectivity index (χ0) is 14.4. The largest absolute Gasteiger partial charge is 0.370 e. The van der Waals surface area contributed by atoms with E-state index in [0.717, 1.165) is 12.8 Å². The Kier molecular flexibility index (Phi) is 3.42. The van der Waals surface area contributed by atoms with E-state index in [-0.39, 0.29) is 17.3 Å². The summed E-state index contributed by atoms with van der Waals surface area (Å²) in [5.74, 6) is 0.566. The highest BCUT2D eigenvalue weighted by atomic mass is 16.6. The molecular weight excluding hydrogens is 248 g/mol. The molecule has 2 saturated heterocycles. The van der Waals surface area contributed by atoms with E-state index < -0.39 is 0 Å². The molecule has 0 unspecified atom stereocenters. The van der Waals surface area contributed by atoms with Gasteiger partial charge in [0.2, 0.25) is 0 Å². The van der Waals surface area contributed by atoms with Crippen LogP contribution in [0.15, 0.2) is 24.3 Å². The molecule has 0 N–H and O–H groups in total. The van der Waals surface area contributed by atoms with Crippen LogP contribution in [-0.4, -0.2) is 17.3 Å². The van der Waals surface area contributed by atoms with Crippen LogP contribution in [0.3, 0.4) is 0 Å². The zero-order valence-corrected chi connectivity index (χ0v) is 13.1. The average molecular weight is 274 g/mol. The van der Waals surface area contributed by atoms with Crippen molar-refractivity contribution in [3.8, 4) is 0 Å². The lowest BCUT2D eigenvalue weighted by molar-refractivity contribution is -0.0960. The van der Waals surface area contributed by atoms with E-state index in [2.05, 4.69) is 52.0 Å². The molecule has 0 aliphatic carbocycles. The highest BCUT2D eigenvalue weighted by Crippen LogP contribution is 2.55. The summed E-state index contributed by atoms with van der Waals surface area (Å²) in [5.41, 5.74) is 2.58. The Balaban J connectivity index is 1.69. The number of hydrogen-bond donors (Lipinski definition) is 0. The first kappa shape index (κ1) is 14.1. The third-order valence-corrected chi connectivity index (χ3v) is 5.45. The van der Waals surface area contributed by atoms with Gasteiger partial charge in [0.15, 0.2) is 0 Å². The van der Waals surface area contributed by atoms with Crippen molar-refractivity contribution in [1.82, 2.24) is 0 Å². The second kappa shape index (κ2) is 4.85. The summed E-state index contributed by atoms with van der Waals surface area (Å²) in [6.45, 7) is 9.62. The number of ether oxygens (including phenoxy) is 2. The van der Waals surface area contributed by atoms with Crippen molar-refractivity contribution in [3.63, 3.8) is 0 Å². The van der Waals surface area contributed by atoms with Gasteiger partial charge in [0.1, 0.15) is 0 Å². The van der Waals surface area contributed by atoms with Crippen LogP contribution in [0.1, 0.15) is 51.2 Å². The van der Waals surface area contributed by atoms with Gasteiger partial charge >= 0.3 is 0 Å². The minimum Gasteiger partial charge on any atom is -0.370 e. The number of rotatable bonds is 4. The minimum absolute atomic E-state index is 0.0607. The van der Waals surface area contributed by atoms with E-state index in [0.29, 0.717) is 12.5 Å². The fourth-order valence-corrected chi connectivity index (χ4v) is 3.77. The molecule has 1 aromatic carbocycles. The second-order valence-electron chi connectivity index (χ2n) is 7.06. The van der Waals surface area contributed by atoms with Crippen LogP contribution in [0.5, 0.6) is 0 Å². The lowest BCUT2D eigenvalue weighted by Gasteiger charge is -2.31. The molecular formula is C18H26O2. The molecule has 2 aliphatic heterocycles. The molecule has 2 bridgehead atoms. The van der Waals surface area contributed by atoms with Gasteiger partial charge in [-0.15, -0.1) is 0 Å². The first-order valence-corrected chi connectivity index (χ1v) is 7.81. The van der Waals surface area contributed by atoms with Crippen LogP contribution in [0.25, 0.3) is 0 Å². The maximum absolute atomic E-state index is 6.42. The van der Waals surface area contributed by atoms with Crippen molar-refractivity contribution in [3.05, 3.63) is 35.4 Å². The fourth-order valence-electron chi connectivity index (χ4n) is 3.77. The van der Waals surface area contributed by atoms with E-state index in [1.54, 1.807) is 0 Å². The van der Waals surface area contributed by atoms with Crippen molar-refractivity contribution in [2.24, 2.45) is 5.92 Å². The Hall–Kier alpha value is -0.860. The monoisotopic (exact) mass is 274 g/mol. The van der Waals surface area contributed by atoms with Gasteiger partial charge in [0.05, 0.1) is 23.9 Å². The molecule has 2 aliphatic rings. The highest BCUT2D eigenvalue weighted by molar-refractivity contribution is 5.24. The molecule has 0 amide bonds. The lowest BCUT2D eigenvalue weighted by atomic mass is 9.75. The van der Waals surface area contributed by atoms with E-state index in [9.17, 15) is 0 Å². The Bertz CT molecular complexity index is 496. The van der Waals surface area contributed by atoms with Crippen molar-refractivity contribution >= 4 is 0 Å². The third-order valence-electron chi connectivity index (χ3n) is 5.45. The molecule has 2 heteroatoms. The number of benzene rings is 1. The van der Waals surface area contributed by atoms with Crippen LogP contribution in [0, 0.1) is 12.8 Å². The number of hydrogen-bond acceptors (Lipinski definition) is 2. The molecule has 0 radical (unpaired) electrons. The smallest absolute Gasteiger partial charge is 0.0924 e. The van der Waals surface area contributed by atoms with Crippen LogP contribution < -0.4 is 0 Å². The summed E-state index contributed by atoms with van der Waals surface area (Å²) in [5, 5.41) is 0. The SMILES string of the molecule is Cc1ccccc1CO[C@@H]1C[C@@]2(C(C)C)CC[C@]1(C)O2. The highest BCUT2D eigenvalue weighted by Gasteiger charge is 2.60. The number of fused-ring (bicyclic) bond motifs is 2. The van der Waals surface area contributed by atoms with E-state index in [1.807, 2.05) is 0 Å². The van der Waals surface area contributed by atoms with Crippen LogP contribution in [-0.2, 0) is 16.1 Å². The molecule has 3 rings (SSSR count). The molecule has 3 atom stereocenters. The Morgan fingerprint density at radius 3 is 2.70 bits per heavy atom. The van der Waals surface area contributed by atoms with Gasteiger partial charge in [0.25, 0.3) is 0 Å². The summed E-state index contributed by atoms with van der Waals surface area (Å²) in [6.07, 6.45) is 3.60. The average Bonchev–Trinajstić information content (AvgIpc) is 2.90. The molecule has 2 fully saturated rings. The Labute approximate surface area is 122 Å². The first-order chi connectivity index (χ1) is 9.45. The second-order valence-corrected chi connectivity index (χ2v) is 7.06. The summed E-state index contributed by atoms with van der Waals surface area (Å²) in [4.78, 5) is 0. The Morgan fingerprint density at radius 2 is 2.05 bits per heavy atom. The summed E-state index contributed by atoms with van der Waals surface area (Å²) in [6, 6.07) is 8.46. The summed E-state index contributed by atoms with van der Waals surface area (Å²) < 4.78 is 12.7. The van der Waals surface area contributed by atoms with Gasteiger partial charge in [0, 0.05) is 6.42 Å². The lowest BCUT2D eigenvalue weighted by Crippen LogP contribution is -2.38. The summed E-state index contributed by atoms with van der Waals surface area (Å²) in [7, 11) is 0. The van der Waals surface area contributed by atoms with Crippen LogP contribution in [0.2, 0.25) is 0 Å². The van der Waals surface area contributed by atoms with Gasteiger partial charge in [-0.1, -0.05) is 38.1 Å².